The number of H-pyrrole nitrogens is 1. The molecule has 3 N–H and O–H groups in total. The van der Waals surface area contributed by atoms with Gasteiger partial charge in [-0.2, -0.15) is 5.10 Å². The number of hydrogen-bond acceptors (Lipinski definition) is 4. The maximum atomic E-state index is 11.4. The zero-order chi connectivity index (χ0) is 13.3. The summed E-state index contributed by atoms with van der Waals surface area (Å²) >= 11 is 3.34. The second kappa shape index (κ2) is 4.74. The van der Waals surface area contributed by atoms with Gasteiger partial charge in [-0.05, 0) is 17.7 Å². The van der Waals surface area contributed by atoms with E-state index in [1.54, 1.807) is 0 Å². The van der Waals surface area contributed by atoms with Crippen molar-refractivity contribution in [1.29, 1.82) is 0 Å². The van der Waals surface area contributed by atoms with Crippen LogP contribution in [0.1, 0.15) is 5.69 Å². The summed E-state index contributed by atoms with van der Waals surface area (Å²) in [7, 11) is -3.14. The number of nitrogen functional groups attached to an aromatic ring is 1. The standard InChI is InChI=1S/C11H12BrN3O2S/c1-18(16,17)6-9-10(11(13)15-14-9)7-2-4-8(12)5-3-7/h2-5H,6H2,1H3,(H3,13,14,15). The van der Waals surface area contributed by atoms with Gasteiger partial charge in [-0.1, -0.05) is 28.1 Å². The van der Waals surface area contributed by atoms with E-state index >= 15 is 0 Å². The molecule has 0 amide bonds. The van der Waals surface area contributed by atoms with Crippen LogP contribution in [0.4, 0.5) is 5.82 Å². The van der Waals surface area contributed by atoms with Crippen LogP contribution in [0.15, 0.2) is 28.7 Å². The van der Waals surface area contributed by atoms with Gasteiger partial charge >= 0.3 is 0 Å². The summed E-state index contributed by atoms with van der Waals surface area (Å²) in [5.74, 6) is 0.193. The fraction of sp³-hybridized carbons (Fsp3) is 0.182. The smallest absolute Gasteiger partial charge is 0.153 e. The molecular weight excluding hydrogens is 318 g/mol. The molecule has 0 fully saturated rings. The molecule has 1 aromatic carbocycles. The molecule has 2 aromatic rings. The first-order valence-electron chi connectivity index (χ1n) is 5.13. The van der Waals surface area contributed by atoms with Crippen molar-refractivity contribution in [2.24, 2.45) is 0 Å². The van der Waals surface area contributed by atoms with Gasteiger partial charge < -0.3 is 5.73 Å². The van der Waals surface area contributed by atoms with Crippen molar-refractivity contribution in [3.63, 3.8) is 0 Å². The quantitative estimate of drug-likeness (QED) is 0.900. The van der Waals surface area contributed by atoms with E-state index < -0.39 is 9.84 Å². The fourth-order valence-electron chi connectivity index (χ4n) is 1.70. The number of aromatic nitrogens is 2. The van der Waals surface area contributed by atoms with E-state index in [1.807, 2.05) is 24.3 Å². The van der Waals surface area contributed by atoms with E-state index in [-0.39, 0.29) is 5.75 Å². The molecule has 5 nitrogen and oxygen atoms in total. The Bertz CT molecular complexity index is 662. The SMILES string of the molecule is CS(=O)(=O)Cc1[nH]nc(N)c1-c1ccc(Br)cc1. The molecular formula is C11H12BrN3O2S. The predicted octanol–water partition coefficient (Wildman–Crippen LogP) is 1.97. The number of rotatable bonds is 3. The van der Waals surface area contributed by atoms with Gasteiger partial charge in [-0.3, -0.25) is 5.10 Å². The van der Waals surface area contributed by atoms with Gasteiger partial charge in [0.1, 0.15) is 0 Å². The van der Waals surface area contributed by atoms with Gasteiger partial charge in [0.25, 0.3) is 0 Å². The first-order valence-corrected chi connectivity index (χ1v) is 7.98. The molecule has 0 aliphatic heterocycles. The van der Waals surface area contributed by atoms with Crippen LogP contribution in [0.2, 0.25) is 0 Å². The number of aromatic amines is 1. The van der Waals surface area contributed by atoms with E-state index in [1.165, 1.54) is 6.26 Å². The first kappa shape index (κ1) is 13.1. The molecule has 7 heteroatoms. The van der Waals surface area contributed by atoms with Crippen LogP contribution in [0.3, 0.4) is 0 Å². The zero-order valence-electron chi connectivity index (χ0n) is 9.64. The zero-order valence-corrected chi connectivity index (χ0v) is 12.0. The lowest BCUT2D eigenvalue weighted by molar-refractivity contribution is 0.600. The lowest BCUT2D eigenvalue weighted by Gasteiger charge is -2.04. The Kier molecular flexibility index (Phi) is 3.45. The van der Waals surface area contributed by atoms with Crippen LogP contribution in [0.25, 0.3) is 11.1 Å². The van der Waals surface area contributed by atoms with E-state index in [0.717, 1.165) is 10.0 Å². The molecule has 1 heterocycles. The van der Waals surface area contributed by atoms with E-state index in [4.69, 9.17) is 5.73 Å². The van der Waals surface area contributed by atoms with E-state index in [2.05, 4.69) is 26.1 Å². The van der Waals surface area contributed by atoms with Crippen LogP contribution < -0.4 is 5.73 Å². The monoisotopic (exact) mass is 329 g/mol. The van der Waals surface area contributed by atoms with E-state index in [0.29, 0.717) is 17.1 Å². The first-order chi connectivity index (χ1) is 8.37. The molecule has 0 saturated carbocycles. The number of sulfone groups is 1. The number of benzene rings is 1. The molecule has 96 valence electrons. The molecule has 18 heavy (non-hydrogen) atoms. The molecule has 0 atom stereocenters. The largest absolute Gasteiger partial charge is 0.382 e. The third-order valence-corrected chi connectivity index (χ3v) is 3.75. The highest BCUT2D eigenvalue weighted by molar-refractivity contribution is 9.10. The molecule has 0 bridgehead atoms. The van der Waals surface area contributed by atoms with Gasteiger partial charge in [0.2, 0.25) is 0 Å². The highest BCUT2D eigenvalue weighted by Gasteiger charge is 2.16. The van der Waals surface area contributed by atoms with Crippen molar-refractivity contribution in [2.45, 2.75) is 5.75 Å². The third-order valence-electron chi connectivity index (χ3n) is 2.41. The van der Waals surface area contributed by atoms with Crippen molar-refractivity contribution in [2.75, 3.05) is 12.0 Å². The molecule has 0 radical (unpaired) electrons. The highest BCUT2D eigenvalue weighted by atomic mass is 79.9. The van der Waals surface area contributed by atoms with Gasteiger partial charge in [0, 0.05) is 16.3 Å². The van der Waals surface area contributed by atoms with Crippen LogP contribution >= 0.6 is 15.9 Å². The molecule has 2 rings (SSSR count). The van der Waals surface area contributed by atoms with Crippen molar-refractivity contribution in [3.8, 4) is 11.1 Å². The minimum atomic E-state index is -3.14. The summed E-state index contributed by atoms with van der Waals surface area (Å²) in [6.45, 7) is 0. The van der Waals surface area contributed by atoms with E-state index in [9.17, 15) is 8.42 Å². The van der Waals surface area contributed by atoms with Gasteiger partial charge in [-0.15, -0.1) is 0 Å². The molecule has 0 aliphatic carbocycles. The average Bonchev–Trinajstić information content (AvgIpc) is 2.59. The normalized spacial score (nSPS) is 11.7. The minimum Gasteiger partial charge on any atom is -0.382 e. The van der Waals surface area contributed by atoms with Gasteiger partial charge in [0.15, 0.2) is 15.7 Å². The van der Waals surface area contributed by atoms with Crippen LogP contribution in [0.5, 0.6) is 0 Å². The Labute approximate surface area is 113 Å². The number of nitrogens with one attached hydrogen (secondary N) is 1. The predicted molar refractivity (Wildman–Crippen MR) is 74.7 cm³/mol. The molecule has 0 spiro atoms. The Morgan fingerprint density at radius 2 is 1.94 bits per heavy atom. The number of halogens is 1. The lowest BCUT2D eigenvalue weighted by Crippen LogP contribution is -2.02. The summed E-state index contributed by atoms with van der Waals surface area (Å²) in [4.78, 5) is 0. The summed E-state index contributed by atoms with van der Waals surface area (Å²) in [5.41, 5.74) is 7.78. The van der Waals surface area contributed by atoms with Crippen molar-refractivity contribution < 1.29 is 8.42 Å². The van der Waals surface area contributed by atoms with Crippen LogP contribution in [-0.2, 0) is 15.6 Å². The number of hydrogen-bond donors (Lipinski definition) is 2. The third kappa shape index (κ3) is 2.91. The highest BCUT2D eigenvalue weighted by Crippen LogP contribution is 2.29. The minimum absolute atomic E-state index is 0.109. The van der Waals surface area contributed by atoms with Gasteiger partial charge in [-0.25, -0.2) is 8.42 Å². The number of nitrogens with zero attached hydrogens (tertiary/aromatic N) is 1. The van der Waals surface area contributed by atoms with Crippen molar-refractivity contribution in [1.82, 2.24) is 10.2 Å². The van der Waals surface area contributed by atoms with Crippen molar-refractivity contribution in [3.05, 3.63) is 34.4 Å². The lowest BCUT2D eigenvalue weighted by atomic mass is 10.1. The van der Waals surface area contributed by atoms with Crippen LogP contribution in [-0.4, -0.2) is 24.9 Å². The Hall–Kier alpha value is -1.34. The second-order valence-corrected chi connectivity index (χ2v) is 7.10. The average molecular weight is 330 g/mol. The summed E-state index contributed by atoms with van der Waals surface area (Å²) < 4.78 is 23.6. The molecule has 0 saturated heterocycles. The summed E-state index contributed by atoms with van der Waals surface area (Å²) in [6, 6.07) is 7.45. The fourth-order valence-corrected chi connectivity index (χ4v) is 2.70. The number of anilines is 1. The topological polar surface area (TPSA) is 88.8 Å². The molecule has 0 aliphatic rings. The Morgan fingerprint density at radius 3 is 2.50 bits per heavy atom. The number of nitrogens with two attached hydrogens (primary N) is 1. The Balaban J connectivity index is 2.50. The van der Waals surface area contributed by atoms with Crippen LogP contribution in [0, 0.1) is 0 Å². The molecule has 1 aromatic heterocycles. The summed E-state index contributed by atoms with van der Waals surface area (Å²) in [6.07, 6.45) is 1.18. The van der Waals surface area contributed by atoms with Crippen molar-refractivity contribution >= 4 is 31.6 Å². The maximum Gasteiger partial charge on any atom is 0.153 e. The Morgan fingerprint density at radius 1 is 1.33 bits per heavy atom. The van der Waals surface area contributed by atoms with Gasteiger partial charge in [0.05, 0.1) is 11.4 Å². The maximum absolute atomic E-state index is 11.4. The molecule has 0 unspecified atom stereocenters. The summed E-state index contributed by atoms with van der Waals surface area (Å²) in [5, 5.41) is 6.55. The second-order valence-electron chi connectivity index (χ2n) is 4.04.